The van der Waals surface area contributed by atoms with Gasteiger partial charge in [0.15, 0.2) is 0 Å². The topological polar surface area (TPSA) is 97.3 Å². The van der Waals surface area contributed by atoms with E-state index >= 15 is 0 Å². The number of carbonyl (C=O) groups excluding carboxylic acids is 2. The van der Waals surface area contributed by atoms with E-state index in [1.165, 1.54) is 18.2 Å². The first kappa shape index (κ1) is 33.6. The molecule has 0 saturated carbocycles. The first-order valence-electron chi connectivity index (χ1n) is 16.1. The van der Waals surface area contributed by atoms with Crippen molar-refractivity contribution in [2.75, 3.05) is 45.3 Å². The highest BCUT2D eigenvalue weighted by Crippen LogP contribution is 2.35. The van der Waals surface area contributed by atoms with Crippen LogP contribution in [0.15, 0.2) is 60.8 Å². The van der Waals surface area contributed by atoms with E-state index in [0.29, 0.717) is 60.2 Å². The molecule has 1 saturated heterocycles. The number of hydrogen-bond donors (Lipinski definition) is 0. The first-order chi connectivity index (χ1) is 23.4. The van der Waals surface area contributed by atoms with Crippen molar-refractivity contribution in [1.29, 1.82) is 0 Å². The Morgan fingerprint density at radius 3 is 2.27 bits per heavy atom. The summed E-state index contributed by atoms with van der Waals surface area (Å²) in [5.74, 6) is -0.524. The molecule has 6 rings (SSSR count). The molecule has 2 aliphatic heterocycles. The first-order valence-corrected chi connectivity index (χ1v) is 16.1. The van der Waals surface area contributed by atoms with Gasteiger partial charge >= 0.3 is 6.09 Å². The molecule has 0 unspecified atom stereocenters. The predicted octanol–water partition coefficient (Wildman–Crippen LogP) is 6.24. The summed E-state index contributed by atoms with van der Waals surface area (Å²) in [4.78, 5) is 41.2. The Bertz CT molecular complexity index is 1850. The summed E-state index contributed by atoms with van der Waals surface area (Å²) in [6.07, 6.45) is 1.68. The molecule has 0 spiro atoms. The van der Waals surface area contributed by atoms with E-state index in [4.69, 9.17) is 19.2 Å². The molecule has 2 aromatic heterocycles. The second kappa shape index (κ2) is 13.7. The molecule has 256 valence electrons. The molecule has 12 heteroatoms. The fraction of sp³-hybridized carbons (Fsp3) is 0.351. The number of methoxy groups -OCH3 is 2. The number of pyridine rings is 2. The summed E-state index contributed by atoms with van der Waals surface area (Å²) in [5.41, 5.74) is 3.07. The predicted molar refractivity (Wildman–Crippen MR) is 180 cm³/mol. The number of piperazine rings is 1. The average Bonchev–Trinajstić information content (AvgIpc) is 3.39. The fourth-order valence-corrected chi connectivity index (χ4v) is 6.14. The Hall–Kier alpha value is -5.26. The number of rotatable bonds is 8. The summed E-state index contributed by atoms with van der Waals surface area (Å²) >= 11 is 0. The van der Waals surface area contributed by atoms with Gasteiger partial charge in [-0.05, 0) is 68.8 Å². The lowest BCUT2D eigenvalue weighted by Gasteiger charge is -2.36. The number of benzene rings is 2. The number of aromatic nitrogens is 2. The van der Waals surface area contributed by atoms with Gasteiger partial charge < -0.3 is 28.9 Å². The van der Waals surface area contributed by atoms with Crippen LogP contribution in [0.3, 0.4) is 0 Å². The van der Waals surface area contributed by atoms with E-state index in [9.17, 15) is 18.4 Å². The van der Waals surface area contributed by atoms with Crippen LogP contribution in [0, 0.1) is 11.6 Å². The van der Waals surface area contributed by atoms with Crippen LogP contribution >= 0.6 is 0 Å². The molecule has 0 radical (unpaired) electrons. The van der Waals surface area contributed by atoms with Crippen LogP contribution < -0.4 is 14.4 Å². The van der Waals surface area contributed by atoms with Crippen molar-refractivity contribution in [2.45, 2.75) is 45.9 Å². The van der Waals surface area contributed by atoms with Crippen LogP contribution in [0.5, 0.6) is 11.5 Å². The van der Waals surface area contributed by atoms with Crippen molar-refractivity contribution in [1.82, 2.24) is 19.8 Å². The van der Waals surface area contributed by atoms with Crippen molar-refractivity contribution in [2.24, 2.45) is 0 Å². The van der Waals surface area contributed by atoms with Crippen molar-refractivity contribution in [3.63, 3.8) is 0 Å². The number of amides is 2. The van der Waals surface area contributed by atoms with Gasteiger partial charge in [0, 0.05) is 49.9 Å². The van der Waals surface area contributed by atoms with E-state index in [-0.39, 0.29) is 42.8 Å². The molecule has 0 aliphatic carbocycles. The van der Waals surface area contributed by atoms with E-state index in [0.717, 1.165) is 11.3 Å². The van der Waals surface area contributed by atoms with Crippen molar-refractivity contribution in [3.05, 3.63) is 101 Å². The maximum atomic E-state index is 15.0. The zero-order valence-electron chi connectivity index (χ0n) is 28.3. The minimum absolute atomic E-state index is 0.112. The Morgan fingerprint density at radius 2 is 1.63 bits per heavy atom. The van der Waals surface area contributed by atoms with Crippen molar-refractivity contribution < 1.29 is 32.6 Å². The molecule has 2 aliphatic rings. The number of halogens is 2. The normalized spacial score (nSPS) is 14.6. The molecule has 49 heavy (non-hydrogen) atoms. The molecule has 10 nitrogen and oxygen atoms in total. The fourth-order valence-electron chi connectivity index (χ4n) is 6.14. The Morgan fingerprint density at radius 1 is 0.898 bits per heavy atom. The van der Waals surface area contributed by atoms with Gasteiger partial charge in [-0.15, -0.1) is 0 Å². The van der Waals surface area contributed by atoms with Gasteiger partial charge in [0.2, 0.25) is 0 Å². The number of hydrogen-bond acceptors (Lipinski definition) is 8. The molecule has 2 aromatic carbocycles. The zero-order valence-corrected chi connectivity index (χ0v) is 28.3. The Kier molecular flexibility index (Phi) is 9.40. The van der Waals surface area contributed by atoms with Gasteiger partial charge in [-0.2, -0.15) is 0 Å². The number of carbonyl (C=O) groups is 2. The molecule has 0 atom stereocenters. The van der Waals surface area contributed by atoms with Crippen LogP contribution in [-0.4, -0.2) is 77.8 Å². The Balaban J connectivity index is 1.25. The number of anilines is 1. The second-order valence-corrected chi connectivity index (χ2v) is 13.1. The minimum atomic E-state index is -0.739. The summed E-state index contributed by atoms with van der Waals surface area (Å²) in [6.45, 7) is 8.23. The maximum Gasteiger partial charge on any atom is 0.410 e. The number of ether oxygens (including phenoxy) is 3. The minimum Gasteiger partial charge on any atom is -0.497 e. The highest BCUT2D eigenvalue weighted by molar-refractivity contribution is 5.99. The Labute approximate surface area is 284 Å². The molecule has 0 N–H and O–H groups in total. The van der Waals surface area contributed by atoms with Crippen LogP contribution in [0.1, 0.15) is 53.6 Å². The van der Waals surface area contributed by atoms with Gasteiger partial charge in [-0.1, -0.05) is 6.07 Å². The van der Waals surface area contributed by atoms with E-state index < -0.39 is 17.2 Å². The van der Waals surface area contributed by atoms with Crippen molar-refractivity contribution >= 4 is 17.7 Å². The molecular formula is C37H39F2N5O5. The van der Waals surface area contributed by atoms with E-state index in [1.54, 1.807) is 48.4 Å². The van der Waals surface area contributed by atoms with Crippen molar-refractivity contribution in [3.8, 4) is 22.8 Å². The molecule has 1 fully saturated rings. The van der Waals surface area contributed by atoms with Crippen LogP contribution in [0.2, 0.25) is 0 Å². The van der Waals surface area contributed by atoms with E-state index in [1.807, 2.05) is 39.0 Å². The molecule has 0 bridgehead atoms. The van der Waals surface area contributed by atoms with Gasteiger partial charge in [0.05, 0.1) is 61.7 Å². The lowest BCUT2D eigenvalue weighted by Crippen LogP contribution is -2.50. The third-order valence-electron chi connectivity index (χ3n) is 8.57. The zero-order chi connectivity index (χ0) is 34.9. The lowest BCUT2D eigenvalue weighted by molar-refractivity contribution is 0.0240. The molecular weight excluding hydrogens is 632 g/mol. The van der Waals surface area contributed by atoms with Gasteiger partial charge in [-0.3, -0.25) is 9.78 Å². The average molecular weight is 672 g/mol. The highest BCUT2D eigenvalue weighted by Gasteiger charge is 2.33. The summed E-state index contributed by atoms with van der Waals surface area (Å²) < 4.78 is 46.3. The third kappa shape index (κ3) is 7.28. The van der Waals surface area contributed by atoms with Crippen LogP contribution in [0.25, 0.3) is 11.3 Å². The third-order valence-corrected chi connectivity index (χ3v) is 8.57. The summed E-state index contributed by atoms with van der Waals surface area (Å²) in [6, 6.07) is 14.5. The SMILES string of the molecule is COc1ccc(CN2Cc3nc(-c4c(F)cccc4F)cc(Cc4ccc(N5CCN(C(=O)OC(C)(C)C)CC5)cn4)c3C2=O)c(OC)c1. The van der Waals surface area contributed by atoms with Crippen LogP contribution in [0.4, 0.5) is 19.3 Å². The lowest BCUT2D eigenvalue weighted by atomic mass is 9.98. The molecule has 4 aromatic rings. The number of nitrogens with zero attached hydrogens (tertiary/aromatic N) is 5. The second-order valence-electron chi connectivity index (χ2n) is 13.1. The van der Waals surface area contributed by atoms with Gasteiger partial charge in [0.25, 0.3) is 5.91 Å². The summed E-state index contributed by atoms with van der Waals surface area (Å²) in [7, 11) is 3.12. The largest absolute Gasteiger partial charge is 0.497 e. The smallest absolute Gasteiger partial charge is 0.410 e. The van der Waals surface area contributed by atoms with Crippen LogP contribution in [-0.2, 0) is 24.2 Å². The quantitative estimate of drug-likeness (QED) is 0.217. The monoisotopic (exact) mass is 671 g/mol. The molecule has 4 heterocycles. The van der Waals surface area contributed by atoms with Gasteiger partial charge in [0.1, 0.15) is 28.7 Å². The number of fused-ring (bicyclic) bond motifs is 1. The van der Waals surface area contributed by atoms with Gasteiger partial charge in [-0.25, -0.2) is 18.6 Å². The van der Waals surface area contributed by atoms with E-state index in [2.05, 4.69) is 9.88 Å². The standard InChI is InChI=1S/C37H39F2N5O5/c1-37(2,3)49-36(46)43-15-13-42(14-16-43)26-11-10-25(40-20-26)17-24-18-30(34-28(38)7-6-8-29(34)39)41-31-22-44(35(45)33(24)31)21-23-9-12-27(47-4)19-32(23)48-5/h6-12,18-20H,13-17,21-22H2,1-5H3. The maximum absolute atomic E-state index is 15.0. The highest BCUT2D eigenvalue weighted by atomic mass is 19.1. The summed E-state index contributed by atoms with van der Waals surface area (Å²) in [5, 5.41) is 0. The molecule has 2 amide bonds.